The number of amides is 1. The standard InChI is InChI=1S/C11H14N2O3/c1-8(2)10(14)13(7-12)5-6-16-11(15)9(3)4/h1,3,5-6H2,2,4H3. The Labute approximate surface area is 94.6 Å². The maximum absolute atomic E-state index is 11.3. The number of rotatable bonds is 5. The van der Waals surface area contributed by atoms with Gasteiger partial charge in [0.1, 0.15) is 6.61 Å². The van der Waals surface area contributed by atoms with E-state index in [0.717, 1.165) is 4.90 Å². The van der Waals surface area contributed by atoms with Gasteiger partial charge in [0.05, 0.1) is 6.54 Å². The highest BCUT2D eigenvalue weighted by atomic mass is 16.5. The summed E-state index contributed by atoms with van der Waals surface area (Å²) in [5, 5.41) is 8.68. The lowest BCUT2D eigenvalue weighted by atomic mass is 10.3. The zero-order chi connectivity index (χ0) is 12.7. The fourth-order valence-electron chi connectivity index (χ4n) is 0.780. The van der Waals surface area contributed by atoms with E-state index in [2.05, 4.69) is 13.2 Å². The van der Waals surface area contributed by atoms with E-state index in [1.54, 1.807) is 6.19 Å². The first-order valence-electron chi connectivity index (χ1n) is 4.60. The first-order valence-corrected chi connectivity index (χ1v) is 4.60. The highest BCUT2D eigenvalue weighted by molar-refractivity contribution is 5.93. The molecule has 0 fully saturated rings. The first-order chi connectivity index (χ1) is 7.40. The van der Waals surface area contributed by atoms with E-state index in [1.807, 2.05) is 0 Å². The average Bonchev–Trinajstić information content (AvgIpc) is 2.22. The highest BCUT2D eigenvalue weighted by Crippen LogP contribution is 1.98. The summed E-state index contributed by atoms with van der Waals surface area (Å²) in [7, 11) is 0. The molecule has 86 valence electrons. The van der Waals surface area contributed by atoms with E-state index in [-0.39, 0.29) is 24.3 Å². The molecule has 0 aliphatic heterocycles. The van der Waals surface area contributed by atoms with Gasteiger partial charge in [-0.15, -0.1) is 0 Å². The van der Waals surface area contributed by atoms with Crippen molar-refractivity contribution < 1.29 is 14.3 Å². The molecule has 0 radical (unpaired) electrons. The van der Waals surface area contributed by atoms with Gasteiger partial charge in [0.2, 0.25) is 0 Å². The van der Waals surface area contributed by atoms with E-state index < -0.39 is 11.9 Å². The number of esters is 1. The van der Waals surface area contributed by atoms with Crippen molar-refractivity contribution >= 4 is 11.9 Å². The van der Waals surface area contributed by atoms with Crippen LogP contribution < -0.4 is 0 Å². The minimum Gasteiger partial charge on any atom is -0.460 e. The van der Waals surface area contributed by atoms with E-state index in [4.69, 9.17) is 10.00 Å². The molecule has 0 rings (SSSR count). The van der Waals surface area contributed by atoms with Crippen molar-refractivity contribution in [3.8, 4) is 6.19 Å². The predicted octanol–water partition coefficient (Wildman–Crippen LogP) is 0.991. The molecule has 0 saturated carbocycles. The minimum atomic E-state index is -0.541. The van der Waals surface area contributed by atoms with E-state index >= 15 is 0 Å². The topological polar surface area (TPSA) is 70.4 Å². The molecule has 16 heavy (non-hydrogen) atoms. The molecule has 0 aliphatic rings. The van der Waals surface area contributed by atoms with Gasteiger partial charge < -0.3 is 4.74 Å². The van der Waals surface area contributed by atoms with Crippen molar-refractivity contribution in [2.24, 2.45) is 0 Å². The second kappa shape index (κ2) is 6.40. The van der Waals surface area contributed by atoms with Gasteiger partial charge in [-0.2, -0.15) is 5.26 Å². The normalized spacial score (nSPS) is 8.81. The lowest BCUT2D eigenvalue weighted by Gasteiger charge is -2.13. The van der Waals surface area contributed by atoms with Crippen molar-refractivity contribution in [3.05, 3.63) is 24.3 Å². The Morgan fingerprint density at radius 3 is 2.25 bits per heavy atom. The molecule has 5 nitrogen and oxygen atoms in total. The maximum atomic E-state index is 11.3. The van der Waals surface area contributed by atoms with Gasteiger partial charge >= 0.3 is 5.97 Å². The van der Waals surface area contributed by atoms with Crippen LogP contribution in [0.4, 0.5) is 0 Å². The summed E-state index contributed by atoms with van der Waals surface area (Å²) in [5.74, 6) is -1.02. The molecule has 0 aromatic rings. The number of ether oxygens (including phenoxy) is 1. The fraction of sp³-hybridized carbons (Fsp3) is 0.364. The van der Waals surface area contributed by atoms with Crippen LogP contribution in [0.1, 0.15) is 13.8 Å². The van der Waals surface area contributed by atoms with Crippen molar-refractivity contribution in [2.45, 2.75) is 13.8 Å². The lowest BCUT2D eigenvalue weighted by molar-refractivity contribution is -0.140. The van der Waals surface area contributed by atoms with Crippen LogP contribution >= 0.6 is 0 Å². The molecule has 1 amide bonds. The van der Waals surface area contributed by atoms with Gasteiger partial charge in [-0.25, -0.2) is 9.69 Å². The van der Waals surface area contributed by atoms with Crippen LogP contribution in [0, 0.1) is 11.5 Å². The van der Waals surface area contributed by atoms with Crippen LogP contribution in [-0.2, 0) is 14.3 Å². The van der Waals surface area contributed by atoms with Crippen LogP contribution in [0.3, 0.4) is 0 Å². The van der Waals surface area contributed by atoms with Crippen molar-refractivity contribution in [3.63, 3.8) is 0 Å². The summed E-state index contributed by atoms with van der Waals surface area (Å²) in [6.45, 7) is 9.83. The van der Waals surface area contributed by atoms with E-state index in [0.29, 0.717) is 0 Å². The largest absolute Gasteiger partial charge is 0.460 e. The van der Waals surface area contributed by atoms with Crippen LogP contribution in [-0.4, -0.2) is 29.9 Å². The maximum Gasteiger partial charge on any atom is 0.333 e. The molecule has 5 heteroatoms. The van der Waals surface area contributed by atoms with Gasteiger partial charge in [0.25, 0.3) is 5.91 Å². The first kappa shape index (κ1) is 13.9. The Hall–Kier alpha value is -2.09. The minimum absolute atomic E-state index is 0.0151. The zero-order valence-corrected chi connectivity index (χ0v) is 9.45. The van der Waals surface area contributed by atoms with Crippen molar-refractivity contribution in [1.82, 2.24) is 4.90 Å². The molecule has 0 N–H and O–H groups in total. The summed E-state index contributed by atoms with van der Waals surface area (Å²) < 4.78 is 4.75. The van der Waals surface area contributed by atoms with Crippen molar-refractivity contribution in [1.29, 1.82) is 5.26 Å². The predicted molar refractivity (Wildman–Crippen MR) is 57.9 cm³/mol. The fourth-order valence-corrected chi connectivity index (χ4v) is 0.780. The molecule has 0 saturated heterocycles. The Balaban J connectivity index is 4.14. The van der Waals surface area contributed by atoms with Crippen LogP contribution in [0.2, 0.25) is 0 Å². The second-order valence-electron chi connectivity index (χ2n) is 3.25. The monoisotopic (exact) mass is 222 g/mol. The number of hydrogen-bond donors (Lipinski definition) is 0. The van der Waals surface area contributed by atoms with Crippen LogP contribution in [0.25, 0.3) is 0 Å². The third-order valence-corrected chi connectivity index (χ3v) is 1.63. The molecule has 0 heterocycles. The number of carbonyl (C=O) groups is 2. The molecule has 0 atom stereocenters. The van der Waals surface area contributed by atoms with E-state index in [9.17, 15) is 9.59 Å². The van der Waals surface area contributed by atoms with Gasteiger partial charge in [-0.05, 0) is 13.8 Å². The van der Waals surface area contributed by atoms with Gasteiger partial charge in [-0.3, -0.25) is 4.79 Å². The molecule has 0 aromatic carbocycles. The molecule has 0 bridgehead atoms. The quantitative estimate of drug-likeness (QED) is 0.301. The van der Waals surface area contributed by atoms with Crippen LogP contribution in [0.5, 0.6) is 0 Å². The number of nitrogens with zero attached hydrogens (tertiary/aromatic N) is 2. The summed E-state index contributed by atoms with van der Waals surface area (Å²) in [4.78, 5) is 23.2. The average molecular weight is 222 g/mol. The van der Waals surface area contributed by atoms with Gasteiger partial charge in [-0.1, -0.05) is 13.2 Å². The van der Waals surface area contributed by atoms with Crippen molar-refractivity contribution in [2.75, 3.05) is 13.2 Å². The number of hydrogen-bond acceptors (Lipinski definition) is 4. The Morgan fingerprint density at radius 2 is 1.88 bits per heavy atom. The Morgan fingerprint density at radius 1 is 1.31 bits per heavy atom. The molecule has 0 aromatic heterocycles. The summed E-state index contributed by atoms with van der Waals surface area (Å²) in [6, 6.07) is 0. The molecular formula is C11H14N2O3. The van der Waals surface area contributed by atoms with E-state index in [1.165, 1.54) is 13.8 Å². The molecular weight excluding hydrogens is 208 g/mol. The highest BCUT2D eigenvalue weighted by Gasteiger charge is 2.14. The smallest absolute Gasteiger partial charge is 0.333 e. The lowest BCUT2D eigenvalue weighted by Crippen LogP contribution is -2.30. The third kappa shape index (κ3) is 4.42. The Bertz CT molecular complexity index is 366. The molecule has 0 aliphatic carbocycles. The van der Waals surface area contributed by atoms with Gasteiger partial charge in [0.15, 0.2) is 6.19 Å². The molecule has 0 unspecified atom stereocenters. The third-order valence-electron chi connectivity index (χ3n) is 1.63. The van der Waals surface area contributed by atoms with Crippen LogP contribution in [0.15, 0.2) is 24.3 Å². The summed E-state index contributed by atoms with van der Waals surface area (Å²) >= 11 is 0. The Kier molecular flexibility index (Phi) is 5.57. The zero-order valence-electron chi connectivity index (χ0n) is 9.45. The molecule has 0 spiro atoms. The number of carbonyl (C=O) groups excluding carboxylic acids is 2. The van der Waals surface area contributed by atoms with Gasteiger partial charge in [0, 0.05) is 11.1 Å². The second-order valence-corrected chi connectivity index (χ2v) is 3.25. The summed E-state index contributed by atoms with van der Waals surface area (Å²) in [5.41, 5.74) is 0.530. The SMILES string of the molecule is C=C(C)C(=O)OCCN(C#N)C(=O)C(=C)C. The number of nitriles is 1. The summed E-state index contributed by atoms with van der Waals surface area (Å²) in [6.07, 6.45) is 1.70.